The maximum atomic E-state index is 10.8. The number of hydrogen-bond acceptors (Lipinski definition) is 5. The second-order valence-electron chi connectivity index (χ2n) is 7.05. The van der Waals surface area contributed by atoms with Crippen LogP contribution in [-0.4, -0.2) is 11.4 Å². The van der Waals surface area contributed by atoms with Crippen LogP contribution in [0.4, 0.5) is 11.4 Å². The molecule has 0 unspecified atom stereocenters. The Morgan fingerprint density at radius 2 is 1.46 bits per heavy atom. The zero-order valence-corrected chi connectivity index (χ0v) is 17.0. The molecule has 2 rings (SSSR count). The van der Waals surface area contributed by atoms with E-state index in [0.29, 0.717) is 17.3 Å². The first-order valence-corrected chi connectivity index (χ1v) is 8.87. The van der Waals surface area contributed by atoms with E-state index < -0.39 is 0 Å². The molecule has 1 aromatic carbocycles. The van der Waals surface area contributed by atoms with Gasteiger partial charge in [0.1, 0.15) is 5.69 Å². The Bertz CT molecular complexity index is 685. The van der Waals surface area contributed by atoms with Crippen molar-refractivity contribution in [1.82, 2.24) is 0 Å². The Morgan fingerprint density at radius 3 is 1.77 bits per heavy atom. The molecule has 4 N–H and O–H groups in total. The van der Waals surface area contributed by atoms with Crippen LogP contribution in [0.1, 0.15) is 65.5 Å². The van der Waals surface area contributed by atoms with Gasteiger partial charge in [-0.2, -0.15) is 0 Å². The van der Waals surface area contributed by atoms with E-state index in [1.54, 1.807) is 24.3 Å². The van der Waals surface area contributed by atoms with Gasteiger partial charge in [-0.15, -0.1) is 4.91 Å². The fraction of sp³-hybridized carbons (Fsp3) is 0.429. The van der Waals surface area contributed by atoms with Crippen molar-refractivity contribution in [3.05, 3.63) is 52.5 Å². The van der Waals surface area contributed by atoms with Gasteiger partial charge in [0.2, 0.25) is 0 Å². The Hall–Kier alpha value is -2.56. The Kier molecular flexibility index (Phi) is 9.41. The van der Waals surface area contributed by atoms with E-state index in [-0.39, 0.29) is 16.8 Å². The van der Waals surface area contributed by atoms with E-state index in [0.717, 1.165) is 11.1 Å². The Balaban J connectivity index is 0.000000522. The van der Waals surface area contributed by atoms with E-state index in [1.807, 2.05) is 26.0 Å². The second-order valence-corrected chi connectivity index (χ2v) is 7.05. The quantitative estimate of drug-likeness (QED) is 0.330. The highest BCUT2D eigenvalue weighted by atomic mass is 16.3. The van der Waals surface area contributed by atoms with Crippen LogP contribution >= 0.6 is 0 Å². The number of anilines is 1. The molecule has 0 fully saturated rings. The van der Waals surface area contributed by atoms with E-state index in [1.165, 1.54) is 0 Å². The monoisotopic (exact) mass is 356 g/mol. The predicted octanol–water partition coefficient (Wildman–Crippen LogP) is 6.27. The minimum absolute atomic E-state index is 0.123. The lowest BCUT2D eigenvalue weighted by atomic mass is 9.83. The number of hydrogen-bond donors (Lipinski definition) is 3. The summed E-state index contributed by atoms with van der Waals surface area (Å²) in [5.41, 5.74) is 9.25. The number of nitrogens with zero attached hydrogens (tertiary/aromatic N) is 1. The minimum Gasteiger partial charge on any atom is -0.397 e. The summed E-state index contributed by atoms with van der Waals surface area (Å²) < 4.78 is 0. The Labute approximate surface area is 157 Å². The zero-order valence-electron chi connectivity index (χ0n) is 17.0. The van der Waals surface area contributed by atoms with E-state index in [9.17, 15) is 4.91 Å². The Morgan fingerprint density at radius 1 is 1.00 bits per heavy atom. The molecule has 0 atom stereocenters. The number of benzene rings is 1. The summed E-state index contributed by atoms with van der Waals surface area (Å²) in [6.45, 7) is 14.4. The molecule has 0 heterocycles. The van der Waals surface area contributed by atoms with Gasteiger partial charge in [-0.25, -0.2) is 0 Å². The minimum atomic E-state index is -0.123. The van der Waals surface area contributed by atoms with Crippen molar-refractivity contribution < 1.29 is 0 Å². The lowest BCUT2D eigenvalue weighted by Gasteiger charge is -2.23. The van der Waals surface area contributed by atoms with E-state index in [4.69, 9.17) is 16.6 Å². The topological polar surface area (TPSA) is 103 Å². The molecule has 5 nitrogen and oxygen atoms in total. The molecule has 0 aliphatic heterocycles. The molecule has 0 saturated carbocycles. The molecule has 1 aromatic rings. The predicted molar refractivity (Wildman–Crippen MR) is 114 cm³/mol. The summed E-state index contributed by atoms with van der Waals surface area (Å²) in [4.78, 5) is 10.8. The smallest absolute Gasteiger partial charge is 0.134 e. The second kappa shape index (κ2) is 10.4. The molecule has 1 aliphatic carbocycles. The summed E-state index contributed by atoms with van der Waals surface area (Å²) in [6.07, 6.45) is 6.70. The van der Waals surface area contributed by atoms with Gasteiger partial charge < -0.3 is 5.73 Å². The first kappa shape index (κ1) is 23.4. The maximum absolute atomic E-state index is 10.8. The average molecular weight is 357 g/mol. The van der Waals surface area contributed by atoms with Crippen molar-refractivity contribution in [1.29, 1.82) is 10.8 Å². The van der Waals surface area contributed by atoms with Gasteiger partial charge in [0.25, 0.3) is 0 Å². The van der Waals surface area contributed by atoms with Gasteiger partial charge in [0, 0.05) is 0 Å². The zero-order chi connectivity index (χ0) is 20.5. The van der Waals surface area contributed by atoms with Crippen molar-refractivity contribution in [2.45, 2.75) is 59.8 Å². The molecule has 0 aromatic heterocycles. The van der Waals surface area contributed by atoms with Gasteiger partial charge in [-0.05, 0) is 45.9 Å². The van der Waals surface area contributed by atoms with Crippen molar-refractivity contribution in [3.63, 3.8) is 0 Å². The SMILES string of the molecule is CC.CC(C)c1cc(N)c(N=O)c(C(C)(C)C)c1.N=C1C=CC=CC1=N. The molecule has 5 heteroatoms. The molecule has 0 bridgehead atoms. The van der Waals surface area contributed by atoms with Crippen LogP contribution in [0, 0.1) is 15.7 Å². The summed E-state index contributed by atoms with van der Waals surface area (Å²) in [5.74, 6) is 0.393. The highest BCUT2D eigenvalue weighted by Crippen LogP contribution is 2.38. The molecular weight excluding hydrogens is 324 g/mol. The van der Waals surface area contributed by atoms with Crippen molar-refractivity contribution in [2.24, 2.45) is 5.18 Å². The molecule has 0 spiro atoms. The highest BCUT2D eigenvalue weighted by Gasteiger charge is 2.22. The number of nitrogens with two attached hydrogens (primary N) is 1. The summed E-state index contributed by atoms with van der Waals surface area (Å²) in [6, 6.07) is 3.88. The summed E-state index contributed by atoms with van der Waals surface area (Å²) in [5, 5.41) is 17.1. The van der Waals surface area contributed by atoms with Crippen LogP contribution in [-0.2, 0) is 5.41 Å². The first-order valence-electron chi connectivity index (χ1n) is 8.87. The van der Waals surface area contributed by atoms with Crippen molar-refractivity contribution in [2.75, 3.05) is 5.73 Å². The number of nitrogen functional groups attached to an aromatic ring is 1. The highest BCUT2D eigenvalue weighted by molar-refractivity contribution is 6.48. The first-order chi connectivity index (χ1) is 12.1. The van der Waals surface area contributed by atoms with Crippen molar-refractivity contribution in [3.8, 4) is 0 Å². The maximum Gasteiger partial charge on any atom is 0.134 e. The third-order valence-electron chi connectivity index (χ3n) is 3.65. The van der Waals surface area contributed by atoms with Crippen LogP contribution in [0.25, 0.3) is 0 Å². The molecule has 1 aliphatic rings. The van der Waals surface area contributed by atoms with E-state index in [2.05, 4.69) is 39.8 Å². The fourth-order valence-corrected chi connectivity index (χ4v) is 2.17. The van der Waals surface area contributed by atoms with Gasteiger partial charge in [0.05, 0.1) is 17.1 Å². The molecular formula is C21H32N4O. The lowest BCUT2D eigenvalue weighted by molar-refractivity contribution is 0.590. The van der Waals surface area contributed by atoms with Crippen LogP contribution in [0.3, 0.4) is 0 Å². The third kappa shape index (κ3) is 6.75. The van der Waals surface area contributed by atoms with Crippen LogP contribution in [0.2, 0.25) is 0 Å². The number of allylic oxidation sites excluding steroid dienone is 4. The standard InChI is InChI=1S/C13H20N2O.C6H6N2.C2H6/c1-8(2)9-6-10(13(3,4)5)12(15-16)11(14)7-9;7-5-3-1-2-4-6(5)8;1-2/h6-8H,14H2,1-5H3;1-4,7-8H;1-2H3. The summed E-state index contributed by atoms with van der Waals surface area (Å²) >= 11 is 0. The van der Waals surface area contributed by atoms with Crippen LogP contribution in [0.15, 0.2) is 41.6 Å². The normalized spacial score (nSPS) is 12.9. The van der Waals surface area contributed by atoms with Gasteiger partial charge in [-0.3, -0.25) is 10.8 Å². The number of nitroso groups, excluding NO2 is 1. The number of nitrogens with one attached hydrogen (secondary N) is 2. The van der Waals surface area contributed by atoms with Gasteiger partial charge >= 0.3 is 0 Å². The molecule has 0 amide bonds. The summed E-state index contributed by atoms with van der Waals surface area (Å²) in [7, 11) is 0. The molecule has 0 saturated heterocycles. The molecule has 142 valence electrons. The van der Waals surface area contributed by atoms with Gasteiger partial charge in [-0.1, -0.05) is 66.7 Å². The third-order valence-corrected chi connectivity index (χ3v) is 3.65. The number of rotatable bonds is 2. The molecule has 26 heavy (non-hydrogen) atoms. The van der Waals surface area contributed by atoms with Crippen LogP contribution < -0.4 is 5.73 Å². The average Bonchev–Trinajstić information content (AvgIpc) is 2.58. The lowest BCUT2D eigenvalue weighted by Crippen LogP contribution is -2.13. The largest absolute Gasteiger partial charge is 0.397 e. The van der Waals surface area contributed by atoms with Crippen LogP contribution in [0.5, 0.6) is 0 Å². The van der Waals surface area contributed by atoms with E-state index >= 15 is 0 Å². The van der Waals surface area contributed by atoms with Crippen molar-refractivity contribution >= 4 is 22.8 Å². The van der Waals surface area contributed by atoms with Gasteiger partial charge in [0.15, 0.2) is 0 Å². The molecule has 0 radical (unpaired) electrons. The fourth-order valence-electron chi connectivity index (χ4n) is 2.17.